The Morgan fingerprint density at radius 1 is 1.21 bits per heavy atom. The minimum atomic E-state index is 0.539. The van der Waals surface area contributed by atoms with Crippen LogP contribution in [0.1, 0.15) is 17.7 Å². The molecule has 1 aromatic carbocycles. The van der Waals surface area contributed by atoms with E-state index < -0.39 is 0 Å². The third kappa shape index (κ3) is 5.70. The summed E-state index contributed by atoms with van der Waals surface area (Å²) in [6.45, 7) is 4.11. The lowest BCUT2D eigenvalue weighted by Gasteiger charge is -2.22. The molecule has 0 saturated carbocycles. The first kappa shape index (κ1) is 20.1. The molecule has 1 aromatic heterocycles. The van der Waals surface area contributed by atoms with Crippen LogP contribution in [0.2, 0.25) is 0 Å². The van der Waals surface area contributed by atoms with Crippen molar-refractivity contribution in [3.05, 3.63) is 59.8 Å². The van der Waals surface area contributed by atoms with E-state index in [2.05, 4.69) is 44.5 Å². The van der Waals surface area contributed by atoms with E-state index in [4.69, 9.17) is 4.74 Å². The van der Waals surface area contributed by atoms with Crippen LogP contribution < -0.4 is 10.2 Å². The minimum Gasteiger partial charge on any atom is -0.376 e. The van der Waals surface area contributed by atoms with E-state index in [1.165, 1.54) is 5.56 Å². The summed E-state index contributed by atoms with van der Waals surface area (Å²) in [5.74, 6) is 2.44. The largest absolute Gasteiger partial charge is 0.376 e. The number of hydrogen-bond acceptors (Lipinski definition) is 4. The van der Waals surface area contributed by atoms with Gasteiger partial charge in [0, 0.05) is 40.2 Å². The second kappa shape index (κ2) is 10.1. The lowest BCUT2D eigenvalue weighted by atomic mass is 10.1. The van der Waals surface area contributed by atoms with E-state index in [-0.39, 0.29) is 0 Å². The van der Waals surface area contributed by atoms with Crippen LogP contribution in [0.25, 0.3) is 0 Å². The smallest absolute Gasteiger partial charge is 0.193 e. The Morgan fingerprint density at radius 2 is 2.04 bits per heavy atom. The van der Waals surface area contributed by atoms with Crippen LogP contribution >= 0.6 is 0 Å². The van der Waals surface area contributed by atoms with Gasteiger partial charge in [-0.3, -0.25) is 4.99 Å². The van der Waals surface area contributed by atoms with Crippen molar-refractivity contribution in [2.24, 2.45) is 10.9 Å². The summed E-state index contributed by atoms with van der Waals surface area (Å²) < 4.78 is 5.93. The average Bonchev–Trinajstić information content (AvgIpc) is 3.18. The molecule has 1 fully saturated rings. The Morgan fingerprint density at radius 3 is 2.79 bits per heavy atom. The molecule has 150 valence electrons. The van der Waals surface area contributed by atoms with Gasteiger partial charge in [-0.15, -0.1) is 0 Å². The molecule has 1 unspecified atom stereocenters. The van der Waals surface area contributed by atoms with Crippen molar-refractivity contribution in [1.82, 2.24) is 15.2 Å². The van der Waals surface area contributed by atoms with Gasteiger partial charge < -0.3 is 19.9 Å². The first-order valence-corrected chi connectivity index (χ1v) is 9.86. The van der Waals surface area contributed by atoms with Gasteiger partial charge in [0.15, 0.2) is 5.96 Å². The van der Waals surface area contributed by atoms with Crippen molar-refractivity contribution in [1.29, 1.82) is 0 Å². The van der Waals surface area contributed by atoms with Crippen molar-refractivity contribution >= 4 is 11.8 Å². The number of ether oxygens (including phenoxy) is 1. The Labute approximate surface area is 168 Å². The first-order valence-electron chi connectivity index (χ1n) is 9.86. The van der Waals surface area contributed by atoms with Gasteiger partial charge in [0.05, 0.1) is 25.5 Å². The number of aliphatic imine (C=N–C) groups is 1. The summed E-state index contributed by atoms with van der Waals surface area (Å²) in [6.07, 6.45) is 1.13. The maximum atomic E-state index is 5.93. The molecule has 0 radical (unpaired) electrons. The maximum Gasteiger partial charge on any atom is 0.193 e. The van der Waals surface area contributed by atoms with E-state index in [9.17, 15) is 0 Å². The Hall–Kier alpha value is -2.60. The predicted octanol–water partition coefficient (Wildman–Crippen LogP) is 2.76. The fraction of sp³-hybridized carbons (Fsp3) is 0.455. The number of pyridine rings is 1. The van der Waals surface area contributed by atoms with E-state index in [1.807, 2.05) is 50.3 Å². The highest BCUT2D eigenvalue weighted by molar-refractivity contribution is 5.80. The highest BCUT2D eigenvalue weighted by Crippen LogP contribution is 2.17. The van der Waals surface area contributed by atoms with Crippen LogP contribution in [0.3, 0.4) is 0 Å². The van der Waals surface area contributed by atoms with Crippen molar-refractivity contribution < 1.29 is 4.74 Å². The molecule has 28 heavy (non-hydrogen) atoms. The Kier molecular flexibility index (Phi) is 7.25. The van der Waals surface area contributed by atoms with Crippen LogP contribution in [0, 0.1) is 5.92 Å². The number of likely N-dealkylation sites (tertiary alicyclic amines) is 1. The molecule has 0 aliphatic carbocycles. The molecule has 6 nitrogen and oxygen atoms in total. The number of guanidine groups is 1. The molecular weight excluding hydrogens is 350 g/mol. The SMILES string of the molecule is CN=C(NCc1cccc(N(C)C)n1)N1CCC(COCc2ccccc2)C1. The second-order valence-corrected chi connectivity index (χ2v) is 7.38. The van der Waals surface area contributed by atoms with Crippen LogP contribution in [0.15, 0.2) is 53.5 Å². The molecule has 0 bridgehead atoms. The van der Waals surface area contributed by atoms with E-state index in [0.29, 0.717) is 19.1 Å². The number of benzene rings is 1. The van der Waals surface area contributed by atoms with Crippen LogP contribution in [0.4, 0.5) is 5.82 Å². The number of nitrogens with zero attached hydrogens (tertiary/aromatic N) is 4. The summed E-state index contributed by atoms with van der Waals surface area (Å²) in [5, 5.41) is 3.45. The number of aromatic nitrogens is 1. The quantitative estimate of drug-likeness (QED) is 0.590. The topological polar surface area (TPSA) is 53.0 Å². The summed E-state index contributed by atoms with van der Waals surface area (Å²) in [5.41, 5.74) is 2.23. The zero-order chi connectivity index (χ0) is 19.8. The zero-order valence-corrected chi connectivity index (χ0v) is 17.1. The predicted molar refractivity (Wildman–Crippen MR) is 115 cm³/mol. The fourth-order valence-electron chi connectivity index (χ4n) is 3.40. The molecule has 0 spiro atoms. The van der Waals surface area contributed by atoms with Gasteiger partial charge in [-0.2, -0.15) is 0 Å². The molecule has 1 N–H and O–H groups in total. The average molecular weight is 382 g/mol. The second-order valence-electron chi connectivity index (χ2n) is 7.38. The van der Waals surface area contributed by atoms with Crippen LogP contribution in [-0.2, 0) is 17.9 Å². The standard InChI is InChI=1S/C22H31N5O/c1-23-22(24-14-20-10-7-11-21(25-20)26(2)3)27-13-12-19(15-27)17-28-16-18-8-5-4-6-9-18/h4-11,19H,12-17H2,1-3H3,(H,23,24). The van der Waals surface area contributed by atoms with Crippen molar-refractivity contribution in [2.75, 3.05) is 45.7 Å². The van der Waals surface area contributed by atoms with Gasteiger partial charge in [-0.05, 0) is 24.1 Å². The summed E-state index contributed by atoms with van der Waals surface area (Å²) in [4.78, 5) is 13.4. The highest BCUT2D eigenvalue weighted by atomic mass is 16.5. The third-order valence-electron chi connectivity index (χ3n) is 4.94. The number of hydrogen-bond donors (Lipinski definition) is 1. The first-order chi connectivity index (χ1) is 13.7. The molecule has 2 aromatic rings. The monoisotopic (exact) mass is 381 g/mol. The molecule has 0 amide bonds. The maximum absolute atomic E-state index is 5.93. The number of rotatable bonds is 7. The molecule has 1 aliphatic rings. The summed E-state index contributed by atoms with van der Waals surface area (Å²) in [7, 11) is 5.84. The lowest BCUT2D eigenvalue weighted by Crippen LogP contribution is -2.40. The Bertz CT molecular complexity index is 763. The zero-order valence-electron chi connectivity index (χ0n) is 17.1. The van der Waals surface area contributed by atoms with E-state index >= 15 is 0 Å². The van der Waals surface area contributed by atoms with Gasteiger partial charge in [0.1, 0.15) is 5.82 Å². The molecule has 2 heterocycles. The van der Waals surface area contributed by atoms with Crippen LogP contribution in [-0.4, -0.2) is 56.7 Å². The van der Waals surface area contributed by atoms with Gasteiger partial charge in [-0.1, -0.05) is 36.4 Å². The molecule has 3 rings (SSSR count). The molecule has 1 saturated heterocycles. The third-order valence-corrected chi connectivity index (χ3v) is 4.94. The fourth-order valence-corrected chi connectivity index (χ4v) is 3.40. The lowest BCUT2D eigenvalue weighted by molar-refractivity contribution is 0.0906. The molecule has 1 aliphatic heterocycles. The van der Waals surface area contributed by atoms with E-state index in [1.54, 1.807) is 0 Å². The van der Waals surface area contributed by atoms with Crippen LogP contribution in [0.5, 0.6) is 0 Å². The molecular formula is C22H31N5O. The van der Waals surface area contributed by atoms with Gasteiger partial charge in [-0.25, -0.2) is 4.98 Å². The highest BCUT2D eigenvalue weighted by Gasteiger charge is 2.25. The number of nitrogens with one attached hydrogen (secondary N) is 1. The van der Waals surface area contributed by atoms with E-state index in [0.717, 1.165) is 43.6 Å². The summed E-state index contributed by atoms with van der Waals surface area (Å²) in [6, 6.07) is 16.4. The van der Waals surface area contributed by atoms with Gasteiger partial charge in [0.2, 0.25) is 0 Å². The Balaban J connectivity index is 1.44. The van der Waals surface area contributed by atoms with Crippen molar-refractivity contribution in [3.8, 4) is 0 Å². The van der Waals surface area contributed by atoms with Gasteiger partial charge >= 0.3 is 0 Å². The summed E-state index contributed by atoms with van der Waals surface area (Å²) >= 11 is 0. The molecule has 1 atom stereocenters. The minimum absolute atomic E-state index is 0.539. The van der Waals surface area contributed by atoms with Gasteiger partial charge in [0.25, 0.3) is 0 Å². The number of anilines is 1. The molecule has 6 heteroatoms. The normalized spacial score (nSPS) is 17.0. The van der Waals surface area contributed by atoms with Crippen molar-refractivity contribution in [2.45, 2.75) is 19.6 Å². The van der Waals surface area contributed by atoms with Crippen molar-refractivity contribution in [3.63, 3.8) is 0 Å².